The molecular weight excluding hydrogens is 462 g/mol. The van der Waals surface area contributed by atoms with E-state index in [4.69, 9.17) is 23.9 Å². The number of benzene rings is 1. The summed E-state index contributed by atoms with van der Waals surface area (Å²) in [6.45, 7) is 6.11. The van der Waals surface area contributed by atoms with Crippen LogP contribution >= 0.6 is 0 Å². The molecule has 0 atom stereocenters. The molecule has 1 fully saturated rings. The number of ether oxygens (including phenoxy) is 4. The van der Waals surface area contributed by atoms with Gasteiger partial charge < -0.3 is 23.8 Å². The van der Waals surface area contributed by atoms with E-state index in [1.54, 1.807) is 31.5 Å². The molecule has 36 heavy (non-hydrogen) atoms. The predicted octanol–water partition coefficient (Wildman–Crippen LogP) is 4.66. The van der Waals surface area contributed by atoms with Crippen molar-refractivity contribution >= 4 is 23.5 Å². The molecule has 194 valence electrons. The average molecular weight is 498 g/mol. The quantitative estimate of drug-likeness (QED) is 0.145. The van der Waals surface area contributed by atoms with Crippen LogP contribution in [0.25, 0.3) is 0 Å². The van der Waals surface area contributed by atoms with E-state index >= 15 is 0 Å². The highest BCUT2D eigenvalue weighted by Gasteiger charge is 2.47. The number of carbonyl (C=O) groups excluding carboxylic acids is 2. The number of hydrogen-bond acceptors (Lipinski definition) is 8. The number of hydrogen-bond donors (Lipinski definition) is 0. The molecule has 9 heteroatoms. The minimum Gasteiger partial charge on any atom is -0.497 e. The topological polar surface area (TPSA) is 99.6 Å². The average Bonchev–Trinajstić information content (AvgIpc) is 2.85. The van der Waals surface area contributed by atoms with Crippen LogP contribution in [0.1, 0.15) is 52.1 Å². The molecule has 1 aromatic heterocycles. The van der Waals surface area contributed by atoms with Crippen LogP contribution in [-0.4, -0.2) is 54.2 Å². The highest BCUT2D eigenvalue weighted by molar-refractivity contribution is 6.17. The molecule has 0 spiro atoms. The SMILES string of the molecule is CCCCCCN(Cc1ccccn1)C(=Nc1ccc(OC)cc1OC)C1C(=O)OC(C)(C)OC1=O. The number of carbonyl (C=O) groups is 2. The van der Waals surface area contributed by atoms with Crippen LogP contribution in [0, 0.1) is 5.92 Å². The lowest BCUT2D eigenvalue weighted by molar-refractivity contribution is -0.236. The van der Waals surface area contributed by atoms with Gasteiger partial charge in [-0.05, 0) is 30.7 Å². The highest BCUT2D eigenvalue weighted by Crippen LogP contribution is 2.34. The fraction of sp³-hybridized carbons (Fsp3) is 0.481. The summed E-state index contributed by atoms with van der Waals surface area (Å²) in [7, 11) is 3.08. The Morgan fingerprint density at radius 3 is 2.42 bits per heavy atom. The number of nitrogens with zero attached hydrogens (tertiary/aromatic N) is 3. The number of amidine groups is 1. The molecule has 2 aromatic rings. The van der Waals surface area contributed by atoms with Gasteiger partial charge in [0.05, 0.1) is 26.5 Å². The molecule has 1 aromatic carbocycles. The third kappa shape index (κ3) is 6.96. The monoisotopic (exact) mass is 497 g/mol. The van der Waals surface area contributed by atoms with Crippen LogP contribution in [0.15, 0.2) is 47.6 Å². The molecule has 1 saturated heterocycles. The number of rotatable bonds is 11. The van der Waals surface area contributed by atoms with Crippen molar-refractivity contribution in [2.24, 2.45) is 10.9 Å². The van der Waals surface area contributed by atoms with Crippen molar-refractivity contribution in [3.63, 3.8) is 0 Å². The van der Waals surface area contributed by atoms with Gasteiger partial charge in [0.25, 0.3) is 5.79 Å². The standard InChI is InChI=1S/C27H35N3O6/c1-6-7-8-11-16-30(18-19-12-9-10-15-28-19)24(23-25(31)35-27(2,3)36-26(23)32)29-21-14-13-20(33-4)17-22(21)34-5/h9-10,12-15,17,23H,6-8,11,16,18H2,1-5H3. The van der Waals surface area contributed by atoms with Crippen molar-refractivity contribution in [2.75, 3.05) is 20.8 Å². The predicted molar refractivity (Wildman–Crippen MR) is 135 cm³/mol. The Morgan fingerprint density at radius 2 is 1.81 bits per heavy atom. The summed E-state index contributed by atoms with van der Waals surface area (Å²) in [5, 5.41) is 0. The van der Waals surface area contributed by atoms with E-state index in [1.165, 1.54) is 21.0 Å². The maximum absolute atomic E-state index is 13.1. The van der Waals surface area contributed by atoms with E-state index < -0.39 is 23.6 Å². The number of aliphatic imine (C=N–C) groups is 1. The lowest BCUT2D eigenvalue weighted by atomic mass is 10.0. The normalized spacial score (nSPS) is 15.8. The summed E-state index contributed by atoms with van der Waals surface area (Å²) >= 11 is 0. The molecule has 9 nitrogen and oxygen atoms in total. The van der Waals surface area contributed by atoms with E-state index in [2.05, 4.69) is 11.9 Å². The number of pyridine rings is 1. The van der Waals surface area contributed by atoms with E-state index in [1.807, 2.05) is 23.1 Å². The van der Waals surface area contributed by atoms with Gasteiger partial charge in [-0.1, -0.05) is 32.3 Å². The molecule has 0 aliphatic carbocycles. The Hall–Kier alpha value is -3.62. The minimum absolute atomic E-state index is 0.228. The van der Waals surface area contributed by atoms with Gasteiger partial charge in [-0.3, -0.25) is 14.6 Å². The minimum atomic E-state index is -1.35. The number of esters is 2. The third-order valence-electron chi connectivity index (χ3n) is 5.73. The summed E-state index contributed by atoms with van der Waals surface area (Å²) in [4.78, 5) is 37.4. The Labute approximate surface area is 212 Å². The van der Waals surface area contributed by atoms with Crippen molar-refractivity contribution < 1.29 is 28.5 Å². The third-order valence-corrected chi connectivity index (χ3v) is 5.73. The second kappa shape index (κ2) is 12.4. The first kappa shape index (κ1) is 27.0. The zero-order chi connectivity index (χ0) is 26.1. The zero-order valence-corrected chi connectivity index (χ0v) is 21.7. The first-order chi connectivity index (χ1) is 17.3. The van der Waals surface area contributed by atoms with Crippen molar-refractivity contribution in [1.82, 2.24) is 9.88 Å². The maximum Gasteiger partial charge on any atom is 0.331 e. The van der Waals surface area contributed by atoms with Crippen LogP contribution < -0.4 is 9.47 Å². The molecule has 0 radical (unpaired) electrons. The van der Waals surface area contributed by atoms with E-state index in [0.717, 1.165) is 31.4 Å². The molecule has 0 bridgehead atoms. The largest absolute Gasteiger partial charge is 0.497 e. The molecule has 3 rings (SSSR count). The molecular formula is C27H35N3O6. The Kier molecular flexibility index (Phi) is 9.27. The van der Waals surface area contributed by atoms with Crippen molar-refractivity contribution in [1.29, 1.82) is 0 Å². The molecule has 0 unspecified atom stereocenters. The molecule has 0 saturated carbocycles. The van der Waals surface area contributed by atoms with Crippen LogP contribution in [0.2, 0.25) is 0 Å². The summed E-state index contributed by atoms with van der Waals surface area (Å²) in [5.41, 5.74) is 1.22. The molecule has 0 amide bonds. The maximum atomic E-state index is 13.1. The number of aromatic nitrogens is 1. The lowest BCUT2D eigenvalue weighted by Gasteiger charge is -2.36. The van der Waals surface area contributed by atoms with Crippen LogP contribution in [-0.2, 0) is 25.6 Å². The number of cyclic esters (lactones) is 2. The van der Waals surface area contributed by atoms with Gasteiger partial charge in [0.15, 0.2) is 0 Å². The number of unbranched alkanes of at least 4 members (excludes halogenated alkanes) is 3. The Morgan fingerprint density at radius 1 is 1.06 bits per heavy atom. The number of methoxy groups -OCH3 is 2. The Balaban J connectivity index is 2.10. The highest BCUT2D eigenvalue weighted by atomic mass is 16.7. The van der Waals surface area contributed by atoms with Crippen molar-refractivity contribution in [3.8, 4) is 11.5 Å². The van der Waals surface area contributed by atoms with Crippen molar-refractivity contribution in [2.45, 2.75) is 58.8 Å². The van der Waals surface area contributed by atoms with Gasteiger partial charge in [0.1, 0.15) is 23.0 Å². The summed E-state index contributed by atoms with van der Waals surface area (Å²) in [6.07, 6.45) is 5.72. The second-order valence-corrected chi connectivity index (χ2v) is 8.99. The fourth-order valence-corrected chi connectivity index (χ4v) is 3.94. The van der Waals surface area contributed by atoms with Gasteiger partial charge in [0.2, 0.25) is 5.92 Å². The van der Waals surface area contributed by atoms with E-state index in [-0.39, 0.29) is 5.84 Å². The smallest absolute Gasteiger partial charge is 0.331 e. The van der Waals surface area contributed by atoms with Gasteiger partial charge in [0, 0.05) is 32.7 Å². The molecule has 1 aliphatic heterocycles. The summed E-state index contributed by atoms with van der Waals surface area (Å²) in [6, 6.07) is 10.8. The van der Waals surface area contributed by atoms with E-state index in [9.17, 15) is 9.59 Å². The Bertz CT molecular complexity index is 1050. The lowest BCUT2D eigenvalue weighted by Crippen LogP contribution is -2.52. The van der Waals surface area contributed by atoms with Crippen molar-refractivity contribution in [3.05, 3.63) is 48.3 Å². The fourth-order valence-electron chi connectivity index (χ4n) is 3.94. The molecule has 0 N–H and O–H groups in total. The van der Waals surface area contributed by atoms with Crippen LogP contribution in [0.3, 0.4) is 0 Å². The molecule has 1 aliphatic rings. The summed E-state index contributed by atoms with van der Waals surface area (Å²) in [5.74, 6) is -2.85. The van der Waals surface area contributed by atoms with Gasteiger partial charge in [-0.2, -0.15) is 0 Å². The first-order valence-electron chi connectivity index (χ1n) is 12.2. The second-order valence-electron chi connectivity index (χ2n) is 8.99. The van der Waals surface area contributed by atoms with Crippen LogP contribution in [0.4, 0.5) is 5.69 Å². The molecule has 2 heterocycles. The summed E-state index contributed by atoms with van der Waals surface area (Å²) < 4.78 is 21.7. The van der Waals surface area contributed by atoms with Gasteiger partial charge in [-0.25, -0.2) is 4.99 Å². The van der Waals surface area contributed by atoms with E-state index in [0.29, 0.717) is 30.3 Å². The van der Waals surface area contributed by atoms with Crippen LogP contribution in [0.5, 0.6) is 11.5 Å². The first-order valence-corrected chi connectivity index (χ1v) is 12.2. The van der Waals surface area contributed by atoms with Gasteiger partial charge >= 0.3 is 11.9 Å². The zero-order valence-electron chi connectivity index (χ0n) is 21.7. The van der Waals surface area contributed by atoms with Gasteiger partial charge in [-0.15, -0.1) is 0 Å².